The van der Waals surface area contributed by atoms with Gasteiger partial charge in [0.2, 0.25) is 5.91 Å². The summed E-state index contributed by atoms with van der Waals surface area (Å²) in [5.74, 6) is 2.46. The number of carbonyl (C=O) groups excluding carboxylic acids is 1. The number of nitrogens with zero attached hydrogens (tertiary/aromatic N) is 1. The molecule has 18 heavy (non-hydrogen) atoms. The van der Waals surface area contributed by atoms with Crippen LogP contribution in [0.25, 0.3) is 0 Å². The van der Waals surface area contributed by atoms with E-state index in [9.17, 15) is 4.79 Å². The van der Waals surface area contributed by atoms with Crippen LogP contribution < -0.4 is 5.73 Å². The highest BCUT2D eigenvalue weighted by molar-refractivity contribution is 5.76. The lowest BCUT2D eigenvalue weighted by atomic mass is 9.89. The fourth-order valence-corrected chi connectivity index (χ4v) is 3.06. The first-order chi connectivity index (χ1) is 8.58. The second kappa shape index (κ2) is 6.05. The predicted molar refractivity (Wildman–Crippen MR) is 74.1 cm³/mol. The maximum absolute atomic E-state index is 12.2. The number of rotatable bonds is 4. The number of nitrogens with two attached hydrogens (primary N) is 1. The second-order valence-electron chi connectivity index (χ2n) is 6.52. The minimum Gasteiger partial charge on any atom is -0.343 e. The van der Waals surface area contributed by atoms with Crippen molar-refractivity contribution in [3.05, 3.63) is 0 Å². The zero-order valence-electron chi connectivity index (χ0n) is 11.9. The number of amides is 1. The van der Waals surface area contributed by atoms with Crippen LogP contribution in [0.1, 0.15) is 52.4 Å². The Morgan fingerprint density at radius 2 is 1.89 bits per heavy atom. The highest BCUT2D eigenvalue weighted by Crippen LogP contribution is 2.33. The quantitative estimate of drug-likeness (QED) is 0.835. The number of likely N-dealkylation sites (tertiary alicyclic amines) is 1. The standard InChI is InChI=1S/C15H28N2O/c1-11(2)12-4-3-8-17(9-7-12)15(18)10-14(16)13-5-6-13/h11-14H,3-10,16H2,1-2H3. The molecule has 2 aliphatic rings. The van der Waals surface area contributed by atoms with Crippen molar-refractivity contribution in [3.63, 3.8) is 0 Å². The van der Waals surface area contributed by atoms with Crippen LogP contribution in [0, 0.1) is 17.8 Å². The van der Waals surface area contributed by atoms with E-state index in [1.54, 1.807) is 0 Å². The molecule has 1 aliphatic carbocycles. The Kier molecular flexibility index (Phi) is 4.66. The molecular formula is C15H28N2O. The van der Waals surface area contributed by atoms with Gasteiger partial charge in [0.25, 0.3) is 0 Å². The van der Waals surface area contributed by atoms with E-state index >= 15 is 0 Å². The zero-order valence-corrected chi connectivity index (χ0v) is 11.9. The second-order valence-corrected chi connectivity index (χ2v) is 6.52. The molecule has 2 N–H and O–H groups in total. The molecule has 0 radical (unpaired) electrons. The largest absolute Gasteiger partial charge is 0.343 e. The third-order valence-corrected chi connectivity index (χ3v) is 4.71. The van der Waals surface area contributed by atoms with Gasteiger partial charge in [0.05, 0.1) is 0 Å². The van der Waals surface area contributed by atoms with Crippen molar-refractivity contribution >= 4 is 5.91 Å². The van der Waals surface area contributed by atoms with E-state index in [1.165, 1.54) is 25.7 Å². The molecule has 0 bridgehead atoms. The van der Waals surface area contributed by atoms with Crippen molar-refractivity contribution < 1.29 is 4.79 Å². The summed E-state index contributed by atoms with van der Waals surface area (Å²) in [6.45, 7) is 6.48. The van der Waals surface area contributed by atoms with Crippen molar-refractivity contribution in [1.29, 1.82) is 0 Å². The minimum atomic E-state index is 0.113. The summed E-state index contributed by atoms with van der Waals surface area (Å²) in [5.41, 5.74) is 6.05. The Morgan fingerprint density at radius 3 is 2.50 bits per heavy atom. The summed E-state index contributed by atoms with van der Waals surface area (Å²) < 4.78 is 0. The van der Waals surface area contributed by atoms with Gasteiger partial charge in [-0.05, 0) is 49.9 Å². The van der Waals surface area contributed by atoms with Crippen LogP contribution in [0.15, 0.2) is 0 Å². The van der Waals surface area contributed by atoms with E-state index in [0.29, 0.717) is 18.2 Å². The van der Waals surface area contributed by atoms with Gasteiger partial charge in [-0.15, -0.1) is 0 Å². The van der Waals surface area contributed by atoms with Crippen LogP contribution in [-0.2, 0) is 4.79 Å². The first-order valence-electron chi connectivity index (χ1n) is 7.61. The number of hydrogen-bond donors (Lipinski definition) is 1. The smallest absolute Gasteiger partial charge is 0.224 e. The van der Waals surface area contributed by atoms with Gasteiger partial charge in [0, 0.05) is 25.6 Å². The SMILES string of the molecule is CC(C)C1CCCN(C(=O)CC(N)C2CC2)CC1. The Balaban J connectivity index is 1.79. The van der Waals surface area contributed by atoms with Gasteiger partial charge in [-0.1, -0.05) is 13.8 Å². The van der Waals surface area contributed by atoms with Gasteiger partial charge in [-0.2, -0.15) is 0 Å². The molecular weight excluding hydrogens is 224 g/mol. The number of hydrogen-bond acceptors (Lipinski definition) is 2. The third kappa shape index (κ3) is 3.71. The van der Waals surface area contributed by atoms with Crippen LogP contribution in [-0.4, -0.2) is 29.9 Å². The summed E-state index contributed by atoms with van der Waals surface area (Å²) in [6, 6.07) is 0.113. The van der Waals surface area contributed by atoms with Crippen molar-refractivity contribution in [1.82, 2.24) is 4.90 Å². The lowest BCUT2D eigenvalue weighted by Crippen LogP contribution is -2.37. The van der Waals surface area contributed by atoms with E-state index in [1.807, 2.05) is 0 Å². The minimum absolute atomic E-state index is 0.113. The molecule has 1 aliphatic heterocycles. The van der Waals surface area contributed by atoms with Crippen LogP contribution in [0.5, 0.6) is 0 Å². The van der Waals surface area contributed by atoms with Crippen molar-refractivity contribution in [2.75, 3.05) is 13.1 Å². The Bertz CT molecular complexity index is 286. The topological polar surface area (TPSA) is 46.3 Å². The lowest BCUT2D eigenvalue weighted by molar-refractivity contribution is -0.131. The zero-order chi connectivity index (χ0) is 13.1. The molecule has 2 atom stereocenters. The molecule has 0 aromatic rings. The van der Waals surface area contributed by atoms with Gasteiger partial charge in [-0.25, -0.2) is 0 Å². The molecule has 0 spiro atoms. The van der Waals surface area contributed by atoms with Gasteiger partial charge < -0.3 is 10.6 Å². The summed E-state index contributed by atoms with van der Waals surface area (Å²) in [4.78, 5) is 14.3. The van der Waals surface area contributed by atoms with Gasteiger partial charge in [0.1, 0.15) is 0 Å². The molecule has 2 fully saturated rings. The summed E-state index contributed by atoms with van der Waals surface area (Å²) in [5, 5.41) is 0. The predicted octanol–water partition coefficient (Wildman–Crippen LogP) is 2.40. The van der Waals surface area contributed by atoms with E-state index in [2.05, 4.69) is 18.7 Å². The average molecular weight is 252 g/mol. The van der Waals surface area contributed by atoms with Crippen LogP contribution in [0.2, 0.25) is 0 Å². The molecule has 1 heterocycles. The normalized spacial score (nSPS) is 27.1. The monoisotopic (exact) mass is 252 g/mol. The van der Waals surface area contributed by atoms with E-state index in [4.69, 9.17) is 5.73 Å². The highest BCUT2D eigenvalue weighted by Gasteiger charge is 2.31. The van der Waals surface area contributed by atoms with Crippen molar-refractivity contribution in [2.24, 2.45) is 23.5 Å². The molecule has 0 aromatic heterocycles. The first-order valence-corrected chi connectivity index (χ1v) is 7.61. The van der Waals surface area contributed by atoms with Gasteiger partial charge in [0.15, 0.2) is 0 Å². The Labute approximate surface area is 111 Å². The molecule has 2 rings (SSSR count). The lowest BCUT2D eigenvalue weighted by Gasteiger charge is -2.23. The van der Waals surface area contributed by atoms with Crippen LogP contribution in [0.4, 0.5) is 0 Å². The fourth-order valence-electron chi connectivity index (χ4n) is 3.06. The van der Waals surface area contributed by atoms with E-state index in [0.717, 1.165) is 31.3 Å². The van der Waals surface area contributed by atoms with Gasteiger partial charge >= 0.3 is 0 Å². The number of carbonyl (C=O) groups is 1. The van der Waals surface area contributed by atoms with Crippen LogP contribution >= 0.6 is 0 Å². The average Bonchev–Trinajstić information content (AvgIpc) is 3.15. The molecule has 1 saturated heterocycles. The first kappa shape index (κ1) is 13.9. The van der Waals surface area contributed by atoms with Crippen molar-refractivity contribution in [3.8, 4) is 0 Å². The molecule has 0 aromatic carbocycles. The van der Waals surface area contributed by atoms with Gasteiger partial charge in [-0.3, -0.25) is 4.79 Å². The maximum atomic E-state index is 12.2. The molecule has 3 heteroatoms. The Hall–Kier alpha value is -0.570. The fraction of sp³-hybridized carbons (Fsp3) is 0.933. The summed E-state index contributed by atoms with van der Waals surface area (Å²) in [7, 11) is 0. The third-order valence-electron chi connectivity index (χ3n) is 4.71. The molecule has 2 unspecified atom stereocenters. The molecule has 1 amide bonds. The molecule has 1 saturated carbocycles. The summed E-state index contributed by atoms with van der Waals surface area (Å²) >= 11 is 0. The molecule has 104 valence electrons. The summed E-state index contributed by atoms with van der Waals surface area (Å²) in [6.07, 6.45) is 6.62. The van der Waals surface area contributed by atoms with E-state index < -0.39 is 0 Å². The molecule has 3 nitrogen and oxygen atoms in total. The van der Waals surface area contributed by atoms with Crippen molar-refractivity contribution in [2.45, 2.75) is 58.4 Å². The maximum Gasteiger partial charge on any atom is 0.224 e. The van der Waals surface area contributed by atoms with Crippen LogP contribution in [0.3, 0.4) is 0 Å². The Morgan fingerprint density at radius 1 is 1.17 bits per heavy atom. The van der Waals surface area contributed by atoms with E-state index in [-0.39, 0.29) is 6.04 Å². The highest BCUT2D eigenvalue weighted by atomic mass is 16.2.